The molecule has 0 saturated heterocycles. The van der Waals surface area contributed by atoms with Crippen LogP contribution in [-0.2, 0) is 16.0 Å². The van der Waals surface area contributed by atoms with Gasteiger partial charge in [-0.2, -0.15) is 0 Å². The van der Waals surface area contributed by atoms with Gasteiger partial charge in [-0.3, -0.25) is 9.59 Å². The second kappa shape index (κ2) is 7.49. The minimum Gasteiger partial charge on any atom is -0.508 e. The lowest BCUT2D eigenvalue weighted by molar-refractivity contribution is -0.137. The van der Waals surface area contributed by atoms with Crippen molar-refractivity contribution in [3.8, 4) is 5.75 Å². The van der Waals surface area contributed by atoms with Crippen molar-refractivity contribution in [1.82, 2.24) is 5.32 Å². The Bertz CT molecular complexity index is 459. The summed E-state index contributed by atoms with van der Waals surface area (Å²) in [5, 5.41) is 20.5. The van der Waals surface area contributed by atoms with E-state index in [1.54, 1.807) is 19.1 Å². The van der Waals surface area contributed by atoms with Gasteiger partial charge in [0.1, 0.15) is 5.75 Å². The predicted molar refractivity (Wildman–Crippen MR) is 74.3 cm³/mol. The molecular formula is C14H20N2O4. The first-order chi connectivity index (χ1) is 9.42. The molecule has 20 heavy (non-hydrogen) atoms. The van der Waals surface area contributed by atoms with Gasteiger partial charge in [-0.25, -0.2) is 0 Å². The average molecular weight is 280 g/mol. The van der Waals surface area contributed by atoms with Crippen LogP contribution in [0.3, 0.4) is 0 Å². The lowest BCUT2D eigenvalue weighted by Crippen LogP contribution is -2.46. The van der Waals surface area contributed by atoms with Crippen LogP contribution in [-0.4, -0.2) is 34.2 Å². The summed E-state index contributed by atoms with van der Waals surface area (Å²) in [7, 11) is 0. The van der Waals surface area contributed by atoms with Gasteiger partial charge in [0.05, 0.1) is 12.5 Å². The Balaban J connectivity index is 2.53. The van der Waals surface area contributed by atoms with Gasteiger partial charge < -0.3 is 21.3 Å². The largest absolute Gasteiger partial charge is 0.508 e. The number of carbonyl (C=O) groups is 2. The van der Waals surface area contributed by atoms with Crippen LogP contribution in [0.1, 0.15) is 25.3 Å². The van der Waals surface area contributed by atoms with E-state index in [2.05, 4.69) is 5.32 Å². The SMILES string of the molecule is CCC(CC(=O)O)NC(=O)[C@@H](N)Cc1ccc(O)cc1. The summed E-state index contributed by atoms with van der Waals surface area (Å²) in [5.74, 6) is -1.17. The van der Waals surface area contributed by atoms with E-state index < -0.39 is 18.1 Å². The zero-order valence-corrected chi connectivity index (χ0v) is 11.4. The van der Waals surface area contributed by atoms with E-state index in [-0.39, 0.29) is 18.1 Å². The predicted octanol–water partition coefficient (Wildman–Crippen LogP) is 0.632. The Morgan fingerprint density at radius 3 is 2.40 bits per heavy atom. The molecule has 0 radical (unpaired) electrons. The number of aliphatic carboxylic acids is 1. The molecule has 0 aromatic heterocycles. The van der Waals surface area contributed by atoms with Gasteiger partial charge in [0, 0.05) is 6.04 Å². The molecule has 0 bridgehead atoms. The van der Waals surface area contributed by atoms with E-state index >= 15 is 0 Å². The number of nitrogens with two attached hydrogens (primary N) is 1. The van der Waals surface area contributed by atoms with Gasteiger partial charge in [-0.15, -0.1) is 0 Å². The normalized spacial score (nSPS) is 13.5. The van der Waals surface area contributed by atoms with Gasteiger partial charge >= 0.3 is 5.97 Å². The first-order valence-electron chi connectivity index (χ1n) is 6.48. The molecule has 0 spiro atoms. The summed E-state index contributed by atoms with van der Waals surface area (Å²) in [6, 6.07) is 5.28. The zero-order chi connectivity index (χ0) is 15.1. The Kier molecular flexibility index (Phi) is 5.99. The van der Waals surface area contributed by atoms with Crippen molar-refractivity contribution in [1.29, 1.82) is 0 Å². The van der Waals surface area contributed by atoms with Crippen LogP contribution in [0.2, 0.25) is 0 Å². The molecule has 1 aromatic rings. The van der Waals surface area contributed by atoms with Crippen LogP contribution in [0.15, 0.2) is 24.3 Å². The Hall–Kier alpha value is -2.08. The van der Waals surface area contributed by atoms with E-state index in [4.69, 9.17) is 15.9 Å². The van der Waals surface area contributed by atoms with Gasteiger partial charge in [0.25, 0.3) is 0 Å². The maximum absolute atomic E-state index is 11.9. The number of carbonyl (C=O) groups excluding carboxylic acids is 1. The van der Waals surface area contributed by atoms with Crippen molar-refractivity contribution < 1.29 is 19.8 Å². The third-order valence-corrected chi connectivity index (χ3v) is 2.99. The highest BCUT2D eigenvalue weighted by Gasteiger charge is 2.19. The molecule has 1 amide bonds. The van der Waals surface area contributed by atoms with E-state index in [0.717, 1.165) is 5.56 Å². The molecule has 1 rings (SSSR count). The molecule has 6 nitrogen and oxygen atoms in total. The van der Waals surface area contributed by atoms with Crippen molar-refractivity contribution in [2.45, 2.75) is 38.3 Å². The number of aromatic hydroxyl groups is 1. The quantitative estimate of drug-likeness (QED) is 0.585. The molecule has 0 saturated carbocycles. The molecule has 1 aromatic carbocycles. The Morgan fingerprint density at radius 2 is 1.90 bits per heavy atom. The molecule has 0 aliphatic heterocycles. The minimum atomic E-state index is -0.954. The van der Waals surface area contributed by atoms with Crippen LogP contribution in [0.4, 0.5) is 0 Å². The first kappa shape index (κ1) is 16.0. The van der Waals surface area contributed by atoms with Crippen LogP contribution < -0.4 is 11.1 Å². The van der Waals surface area contributed by atoms with Crippen LogP contribution in [0.5, 0.6) is 5.75 Å². The highest BCUT2D eigenvalue weighted by Crippen LogP contribution is 2.11. The fraction of sp³-hybridized carbons (Fsp3) is 0.429. The fourth-order valence-corrected chi connectivity index (χ4v) is 1.80. The maximum Gasteiger partial charge on any atom is 0.305 e. The third kappa shape index (κ3) is 5.27. The minimum absolute atomic E-state index is 0.117. The van der Waals surface area contributed by atoms with Crippen molar-refractivity contribution >= 4 is 11.9 Å². The second-order valence-corrected chi connectivity index (χ2v) is 4.69. The summed E-state index contributed by atoms with van der Waals surface area (Å²) in [6.07, 6.45) is 0.744. The van der Waals surface area contributed by atoms with Gasteiger partial charge in [-0.05, 0) is 30.5 Å². The second-order valence-electron chi connectivity index (χ2n) is 4.69. The number of benzene rings is 1. The molecule has 6 heteroatoms. The van der Waals surface area contributed by atoms with Gasteiger partial charge in [0.15, 0.2) is 0 Å². The monoisotopic (exact) mass is 280 g/mol. The summed E-state index contributed by atoms with van der Waals surface area (Å²) < 4.78 is 0. The number of carboxylic acid groups (broad SMARTS) is 1. The molecule has 0 heterocycles. The van der Waals surface area contributed by atoms with E-state index in [0.29, 0.717) is 12.8 Å². The van der Waals surface area contributed by atoms with E-state index in [1.165, 1.54) is 12.1 Å². The number of phenols is 1. The smallest absolute Gasteiger partial charge is 0.305 e. The average Bonchev–Trinajstić information content (AvgIpc) is 2.39. The summed E-state index contributed by atoms with van der Waals surface area (Å²) in [4.78, 5) is 22.5. The molecule has 0 aliphatic rings. The molecule has 0 fully saturated rings. The highest BCUT2D eigenvalue weighted by molar-refractivity contribution is 5.82. The fourth-order valence-electron chi connectivity index (χ4n) is 1.80. The molecule has 0 aliphatic carbocycles. The Morgan fingerprint density at radius 1 is 1.30 bits per heavy atom. The lowest BCUT2D eigenvalue weighted by Gasteiger charge is -2.18. The van der Waals surface area contributed by atoms with Crippen molar-refractivity contribution in [2.75, 3.05) is 0 Å². The van der Waals surface area contributed by atoms with Gasteiger partial charge in [0.2, 0.25) is 5.91 Å². The lowest BCUT2D eigenvalue weighted by atomic mass is 10.0. The number of hydrogen-bond acceptors (Lipinski definition) is 4. The van der Waals surface area contributed by atoms with Crippen molar-refractivity contribution in [3.05, 3.63) is 29.8 Å². The molecule has 5 N–H and O–H groups in total. The van der Waals surface area contributed by atoms with Gasteiger partial charge in [-0.1, -0.05) is 19.1 Å². The van der Waals surface area contributed by atoms with E-state index in [9.17, 15) is 9.59 Å². The van der Waals surface area contributed by atoms with Crippen LogP contribution in [0.25, 0.3) is 0 Å². The van der Waals surface area contributed by atoms with Crippen molar-refractivity contribution in [2.24, 2.45) is 5.73 Å². The molecule has 2 atom stereocenters. The van der Waals surface area contributed by atoms with Crippen LogP contribution in [0, 0.1) is 0 Å². The summed E-state index contributed by atoms with van der Waals surface area (Å²) in [5.41, 5.74) is 6.63. The third-order valence-electron chi connectivity index (χ3n) is 2.99. The number of nitrogens with one attached hydrogen (secondary N) is 1. The molecular weight excluding hydrogens is 260 g/mol. The number of rotatable bonds is 7. The first-order valence-corrected chi connectivity index (χ1v) is 6.48. The standard InChI is InChI=1S/C14H20N2O4/c1-2-10(8-13(18)19)16-14(20)12(15)7-9-3-5-11(17)6-4-9/h3-6,10,12,17H,2,7-8,15H2,1H3,(H,16,20)(H,18,19)/t10?,12-/m0/s1. The maximum atomic E-state index is 11.9. The van der Waals surface area contributed by atoms with Crippen LogP contribution >= 0.6 is 0 Å². The van der Waals surface area contributed by atoms with E-state index in [1.807, 2.05) is 0 Å². The molecule has 110 valence electrons. The highest BCUT2D eigenvalue weighted by atomic mass is 16.4. The topological polar surface area (TPSA) is 113 Å². The van der Waals surface area contributed by atoms with Crippen molar-refractivity contribution in [3.63, 3.8) is 0 Å². The number of amides is 1. The molecule has 1 unspecified atom stereocenters. The number of hydrogen-bond donors (Lipinski definition) is 4. The number of carboxylic acids is 1. The summed E-state index contributed by atoms with van der Waals surface area (Å²) in [6.45, 7) is 1.80. The zero-order valence-electron chi connectivity index (χ0n) is 11.4. The Labute approximate surface area is 117 Å². The number of phenolic OH excluding ortho intramolecular Hbond substituents is 1. The summed E-state index contributed by atoms with van der Waals surface area (Å²) >= 11 is 0.